The molecule has 3 aliphatic rings. The van der Waals surface area contributed by atoms with Gasteiger partial charge in [-0.15, -0.1) is 0 Å². The van der Waals surface area contributed by atoms with E-state index in [1.165, 1.54) is 17.8 Å². The molecule has 9 nitrogen and oxygen atoms in total. The second-order valence-corrected chi connectivity index (χ2v) is 8.95. The van der Waals surface area contributed by atoms with Gasteiger partial charge < -0.3 is 15.0 Å². The molecular formula is C23H26N6O3. The van der Waals surface area contributed by atoms with Crippen LogP contribution in [0.1, 0.15) is 30.1 Å². The Labute approximate surface area is 184 Å². The van der Waals surface area contributed by atoms with Crippen LogP contribution >= 0.6 is 0 Å². The van der Waals surface area contributed by atoms with E-state index in [1.807, 2.05) is 6.20 Å². The molecule has 6 rings (SSSR count). The van der Waals surface area contributed by atoms with Crippen LogP contribution in [0.3, 0.4) is 0 Å². The molecule has 3 aromatic rings. The van der Waals surface area contributed by atoms with E-state index >= 15 is 0 Å². The van der Waals surface area contributed by atoms with Gasteiger partial charge in [0.05, 0.1) is 30.7 Å². The van der Waals surface area contributed by atoms with Gasteiger partial charge in [-0.1, -0.05) is 0 Å². The molecule has 1 atom stereocenters. The van der Waals surface area contributed by atoms with Crippen LogP contribution in [0.5, 0.6) is 5.75 Å². The molecule has 3 aliphatic heterocycles. The van der Waals surface area contributed by atoms with Crippen LogP contribution in [0.15, 0.2) is 40.2 Å². The van der Waals surface area contributed by atoms with Crippen LogP contribution in [0, 0.1) is 0 Å². The Morgan fingerprint density at radius 3 is 2.84 bits per heavy atom. The molecule has 1 N–H and O–H groups in total. The first kappa shape index (κ1) is 19.6. The van der Waals surface area contributed by atoms with Crippen LogP contribution in [-0.2, 0) is 19.5 Å². The van der Waals surface area contributed by atoms with Crippen molar-refractivity contribution >= 4 is 11.2 Å². The highest BCUT2D eigenvalue weighted by molar-refractivity contribution is 5.71. The summed E-state index contributed by atoms with van der Waals surface area (Å²) in [6.45, 7) is 4.75. The maximum atomic E-state index is 12.5. The number of aromatic nitrogens is 4. The van der Waals surface area contributed by atoms with Crippen molar-refractivity contribution in [2.24, 2.45) is 0 Å². The van der Waals surface area contributed by atoms with E-state index in [0.717, 1.165) is 63.5 Å². The molecule has 0 radical (unpaired) electrons. The molecule has 166 valence electrons. The van der Waals surface area contributed by atoms with Gasteiger partial charge in [0.25, 0.3) is 11.1 Å². The third-order valence-corrected chi connectivity index (χ3v) is 6.94. The van der Waals surface area contributed by atoms with E-state index in [9.17, 15) is 9.59 Å². The van der Waals surface area contributed by atoms with E-state index in [-0.39, 0.29) is 17.2 Å². The highest BCUT2D eigenvalue weighted by Gasteiger charge is 2.29. The number of nitrogens with one attached hydrogen (secondary N) is 1. The third kappa shape index (κ3) is 3.41. The minimum absolute atomic E-state index is 0.0366. The number of nitrogens with zero attached hydrogens (tertiary/aromatic N) is 5. The lowest BCUT2D eigenvalue weighted by Gasteiger charge is -2.34. The highest BCUT2D eigenvalue weighted by atomic mass is 16.5. The molecule has 1 unspecified atom stereocenters. The number of rotatable bonds is 5. The number of likely N-dealkylation sites (tertiary alicyclic amines) is 1. The van der Waals surface area contributed by atoms with Gasteiger partial charge in [0.2, 0.25) is 0 Å². The Hall–Kier alpha value is -3.04. The van der Waals surface area contributed by atoms with E-state index in [1.54, 1.807) is 15.2 Å². The first-order chi connectivity index (χ1) is 15.7. The number of pyridine rings is 2. The molecule has 0 spiro atoms. The largest absolute Gasteiger partial charge is 0.491 e. The second kappa shape index (κ2) is 7.83. The molecule has 0 saturated carbocycles. The number of piperidine rings is 1. The van der Waals surface area contributed by atoms with Crippen molar-refractivity contribution in [3.8, 4) is 5.75 Å². The molecule has 6 heterocycles. The molecule has 1 fully saturated rings. The standard InChI is InChI=1S/C23H26N6O3/c30-21-2-1-19-23-28(21)14-18(29(23)22(31)12-26-19)13-27-6-3-16(4-7-27)24-10-17-9-15-5-8-32-20(15)11-25-17/h1-2,9,11-12,16,18,24H,3-8,10,13-14H2. The van der Waals surface area contributed by atoms with Crippen LogP contribution in [-0.4, -0.2) is 56.3 Å². The molecule has 3 aromatic heterocycles. The van der Waals surface area contributed by atoms with Crippen molar-refractivity contribution in [1.82, 2.24) is 29.3 Å². The first-order valence-corrected chi connectivity index (χ1v) is 11.3. The summed E-state index contributed by atoms with van der Waals surface area (Å²) in [4.78, 5) is 36.0. The molecule has 1 saturated heterocycles. The Morgan fingerprint density at radius 1 is 1.09 bits per heavy atom. The maximum Gasteiger partial charge on any atom is 0.270 e. The van der Waals surface area contributed by atoms with Gasteiger partial charge in [-0.05, 0) is 38.1 Å². The monoisotopic (exact) mass is 434 g/mol. The summed E-state index contributed by atoms with van der Waals surface area (Å²) in [5.41, 5.74) is 3.45. The molecule has 9 heteroatoms. The number of hydrogen-bond donors (Lipinski definition) is 1. The lowest BCUT2D eigenvalue weighted by molar-refractivity contribution is 0.171. The van der Waals surface area contributed by atoms with Crippen LogP contribution in [0.25, 0.3) is 11.2 Å². The van der Waals surface area contributed by atoms with E-state index in [4.69, 9.17) is 4.74 Å². The predicted molar refractivity (Wildman–Crippen MR) is 119 cm³/mol. The Balaban J connectivity index is 1.07. The smallest absolute Gasteiger partial charge is 0.270 e. The quantitative estimate of drug-likeness (QED) is 0.632. The Morgan fingerprint density at radius 2 is 1.97 bits per heavy atom. The second-order valence-electron chi connectivity index (χ2n) is 8.95. The summed E-state index contributed by atoms with van der Waals surface area (Å²) in [7, 11) is 0. The van der Waals surface area contributed by atoms with Crippen molar-refractivity contribution in [2.75, 3.05) is 26.2 Å². The van der Waals surface area contributed by atoms with Gasteiger partial charge >= 0.3 is 0 Å². The minimum atomic E-state index is -0.136. The van der Waals surface area contributed by atoms with Crippen LogP contribution in [0.4, 0.5) is 0 Å². The van der Waals surface area contributed by atoms with Crippen molar-refractivity contribution in [3.63, 3.8) is 0 Å². The Kier molecular flexibility index (Phi) is 4.80. The van der Waals surface area contributed by atoms with Gasteiger partial charge in [0, 0.05) is 43.7 Å². The van der Waals surface area contributed by atoms with Gasteiger partial charge in [0.1, 0.15) is 16.9 Å². The van der Waals surface area contributed by atoms with Crippen LogP contribution in [0.2, 0.25) is 0 Å². The zero-order valence-corrected chi connectivity index (χ0v) is 17.9. The van der Waals surface area contributed by atoms with Crippen molar-refractivity contribution in [2.45, 2.75) is 44.4 Å². The molecule has 0 aliphatic carbocycles. The van der Waals surface area contributed by atoms with Gasteiger partial charge in [-0.2, -0.15) is 0 Å². The summed E-state index contributed by atoms with van der Waals surface area (Å²) < 4.78 is 8.99. The number of fused-ring (bicyclic) bond motifs is 1. The zero-order valence-electron chi connectivity index (χ0n) is 17.9. The molecule has 0 amide bonds. The van der Waals surface area contributed by atoms with Crippen molar-refractivity contribution in [1.29, 1.82) is 0 Å². The lowest BCUT2D eigenvalue weighted by Crippen LogP contribution is -2.44. The molecule has 0 aromatic carbocycles. The topological polar surface area (TPSA) is 94.3 Å². The normalized spacial score (nSPS) is 20.6. The third-order valence-electron chi connectivity index (χ3n) is 6.94. The predicted octanol–water partition coefficient (Wildman–Crippen LogP) is 0.697. The van der Waals surface area contributed by atoms with Gasteiger partial charge in [-0.25, -0.2) is 4.98 Å². The van der Waals surface area contributed by atoms with Crippen LogP contribution < -0.4 is 21.2 Å². The van der Waals surface area contributed by atoms with Gasteiger partial charge in [0.15, 0.2) is 0 Å². The number of ether oxygens (including phenoxy) is 1. The molecular weight excluding hydrogens is 408 g/mol. The fraction of sp³-hybridized carbons (Fsp3) is 0.478. The minimum Gasteiger partial charge on any atom is -0.491 e. The average Bonchev–Trinajstić information content (AvgIpc) is 3.43. The van der Waals surface area contributed by atoms with Crippen molar-refractivity contribution in [3.05, 3.63) is 62.6 Å². The summed E-state index contributed by atoms with van der Waals surface area (Å²) in [5.74, 6) is 0.920. The fourth-order valence-electron chi connectivity index (χ4n) is 5.26. The SMILES string of the molecule is O=c1ccc2ncc(=O)n3c2n1CC3CN1CCC(NCc2cc3c(cn2)OCC3)CC1. The number of hydrogen-bond acceptors (Lipinski definition) is 7. The maximum absolute atomic E-state index is 12.5. The zero-order chi connectivity index (χ0) is 21.7. The summed E-state index contributed by atoms with van der Waals surface area (Å²) in [6, 6.07) is 5.80. The molecule has 32 heavy (non-hydrogen) atoms. The highest BCUT2D eigenvalue weighted by Crippen LogP contribution is 2.25. The van der Waals surface area contributed by atoms with Gasteiger partial charge in [-0.3, -0.25) is 23.7 Å². The summed E-state index contributed by atoms with van der Waals surface area (Å²) in [5, 5.41) is 3.65. The van der Waals surface area contributed by atoms with E-state index in [2.05, 4.69) is 26.3 Å². The summed E-state index contributed by atoms with van der Waals surface area (Å²) >= 11 is 0. The average molecular weight is 435 g/mol. The fourth-order valence-corrected chi connectivity index (χ4v) is 5.26. The summed E-state index contributed by atoms with van der Waals surface area (Å²) in [6.07, 6.45) is 6.27. The van der Waals surface area contributed by atoms with Crippen molar-refractivity contribution < 1.29 is 4.74 Å². The van der Waals surface area contributed by atoms with E-state index in [0.29, 0.717) is 23.8 Å². The lowest BCUT2D eigenvalue weighted by atomic mass is 10.0. The van der Waals surface area contributed by atoms with E-state index < -0.39 is 0 Å². The first-order valence-electron chi connectivity index (χ1n) is 11.3. The molecule has 0 bridgehead atoms. The Bertz CT molecular complexity index is 1290.